The second-order valence-electron chi connectivity index (χ2n) is 4.13. The van der Waals surface area contributed by atoms with E-state index in [-0.39, 0.29) is 24.5 Å². The molecule has 2 atom stereocenters. The molecule has 0 saturated carbocycles. The van der Waals surface area contributed by atoms with Gasteiger partial charge in [0.2, 0.25) is 0 Å². The van der Waals surface area contributed by atoms with Crippen LogP contribution in [0.5, 0.6) is 0 Å². The lowest BCUT2D eigenvalue weighted by molar-refractivity contribution is 0.242. The molecule has 1 heterocycles. The Kier molecular flexibility index (Phi) is 6.81. The van der Waals surface area contributed by atoms with Gasteiger partial charge in [0.25, 0.3) is 10.2 Å². The summed E-state index contributed by atoms with van der Waals surface area (Å²) in [6.07, 6.45) is 0.815. The first-order valence-corrected chi connectivity index (χ1v) is 6.91. The number of hydrogen-bond acceptors (Lipinski definition) is 3. The van der Waals surface area contributed by atoms with Crippen LogP contribution in [0.2, 0.25) is 0 Å². The van der Waals surface area contributed by atoms with Crippen LogP contribution < -0.4 is 10.0 Å². The van der Waals surface area contributed by atoms with Crippen LogP contribution in [-0.2, 0) is 10.2 Å². The minimum Gasteiger partial charge on any atom is -0.311 e. The van der Waals surface area contributed by atoms with Crippen molar-refractivity contribution >= 4 is 22.6 Å². The molecular weight excluding hydrogens is 250 g/mol. The lowest BCUT2D eigenvalue weighted by Gasteiger charge is -2.36. The van der Waals surface area contributed by atoms with Crippen molar-refractivity contribution in [1.29, 1.82) is 0 Å². The second kappa shape index (κ2) is 6.76. The molecule has 1 aliphatic rings. The fraction of sp³-hybridized carbons (Fsp3) is 1.00. The van der Waals surface area contributed by atoms with Crippen LogP contribution in [0.25, 0.3) is 0 Å². The largest absolute Gasteiger partial charge is 0.311 e. The van der Waals surface area contributed by atoms with Crippen LogP contribution in [0.3, 0.4) is 0 Å². The first-order chi connectivity index (χ1) is 6.97. The third kappa shape index (κ3) is 4.18. The van der Waals surface area contributed by atoms with E-state index in [2.05, 4.69) is 10.0 Å². The standard InChI is InChI=1S/C9H21N3O2S.ClH/c1-4-5-11-15(13,14)12-7-8(2)10-6-9(12)3;/h8-11H,4-7H2,1-3H3;1H. The number of nitrogens with zero attached hydrogens (tertiary/aromatic N) is 1. The van der Waals surface area contributed by atoms with E-state index in [0.717, 1.165) is 6.42 Å². The third-order valence-electron chi connectivity index (χ3n) is 2.55. The van der Waals surface area contributed by atoms with Gasteiger partial charge in [-0.1, -0.05) is 6.92 Å². The first kappa shape index (κ1) is 16.1. The minimum absolute atomic E-state index is 0. The van der Waals surface area contributed by atoms with Crippen molar-refractivity contribution < 1.29 is 8.42 Å². The normalized spacial score (nSPS) is 27.4. The average molecular weight is 272 g/mol. The molecule has 2 N–H and O–H groups in total. The minimum atomic E-state index is -3.28. The van der Waals surface area contributed by atoms with Gasteiger partial charge in [-0.05, 0) is 20.3 Å². The lowest BCUT2D eigenvalue weighted by atomic mass is 10.2. The molecular formula is C9H22ClN3O2S. The Hall–Kier alpha value is 0.120. The van der Waals surface area contributed by atoms with Crippen molar-refractivity contribution in [2.24, 2.45) is 0 Å². The van der Waals surface area contributed by atoms with E-state index in [4.69, 9.17) is 0 Å². The second-order valence-corrected chi connectivity index (χ2v) is 5.84. The van der Waals surface area contributed by atoms with Crippen LogP contribution in [0.4, 0.5) is 0 Å². The maximum absolute atomic E-state index is 11.9. The van der Waals surface area contributed by atoms with E-state index in [1.165, 1.54) is 0 Å². The summed E-state index contributed by atoms with van der Waals surface area (Å²) in [7, 11) is -3.28. The van der Waals surface area contributed by atoms with Crippen molar-refractivity contribution in [3.05, 3.63) is 0 Å². The molecule has 1 aliphatic heterocycles. The van der Waals surface area contributed by atoms with E-state index >= 15 is 0 Å². The predicted octanol–water partition coefficient (Wildman–Crippen LogP) is 0.335. The SMILES string of the molecule is CCCNS(=O)(=O)N1CC(C)NCC1C.Cl. The fourth-order valence-corrected chi connectivity index (χ4v) is 3.23. The maximum Gasteiger partial charge on any atom is 0.279 e. The Bertz CT molecular complexity index is 297. The Labute approximate surface area is 105 Å². The number of nitrogens with one attached hydrogen (secondary N) is 2. The highest BCUT2D eigenvalue weighted by atomic mass is 35.5. The van der Waals surface area contributed by atoms with Crippen molar-refractivity contribution in [3.63, 3.8) is 0 Å². The molecule has 0 aromatic heterocycles. The summed E-state index contributed by atoms with van der Waals surface area (Å²) < 4.78 is 27.9. The summed E-state index contributed by atoms with van der Waals surface area (Å²) in [5, 5.41) is 3.26. The number of hydrogen-bond donors (Lipinski definition) is 2. The molecule has 16 heavy (non-hydrogen) atoms. The van der Waals surface area contributed by atoms with Gasteiger partial charge in [0.05, 0.1) is 0 Å². The maximum atomic E-state index is 11.9. The zero-order valence-electron chi connectivity index (χ0n) is 10.1. The monoisotopic (exact) mass is 271 g/mol. The number of piperazine rings is 1. The molecule has 0 bridgehead atoms. The van der Waals surface area contributed by atoms with Gasteiger partial charge in [0, 0.05) is 31.7 Å². The quantitative estimate of drug-likeness (QED) is 0.775. The summed E-state index contributed by atoms with van der Waals surface area (Å²) >= 11 is 0. The first-order valence-electron chi connectivity index (χ1n) is 5.47. The fourth-order valence-electron chi connectivity index (χ4n) is 1.64. The van der Waals surface area contributed by atoms with Crippen molar-refractivity contribution in [3.8, 4) is 0 Å². The van der Waals surface area contributed by atoms with Gasteiger partial charge in [-0.2, -0.15) is 12.7 Å². The Morgan fingerprint density at radius 3 is 2.62 bits per heavy atom. The van der Waals surface area contributed by atoms with Crippen LogP contribution in [-0.4, -0.2) is 44.4 Å². The third-order valence-corrected chi connectivity index (χ3v) is 4.25. The van der Waals surface area contributed by atoms with Crippen molar-refractivity contribution in [1.82, 2.24) is 14.3 Å². The number of halogens is 1. The summed E-state index contributed by atoms with van der Waals surface area (Å²) in [5.74, 6) is 0. The molecule has 5 nitrogen and oxygen atoms in total. The summed E-state index contributed by atoms with van der Waals surface area (Å²) in [5.41, 5.74) is 0. The zero-order chi connectivity index (χ0) is 11.5. The van der Waals surface area contributed by atoms with Gasteiger partial charge in [-0.25, -0.2) is 4.72 Å². The Morgan fingerprint density at radius 2 is 2.06 bits per heavy atom. The Balaban J connectivity index is 0.00000225. The van der Waals surface area contributed by atoms with Gasteiger partial charge in [-0.3, -0.25) is 0 Å². The number of rotatable bonds is 4. The van der Waals surface area contributed by atoms with Gasteiger partial charge < -0.3 is 5.32 Å². The highest BCUT2D eigenvalue weighted by molar-refractivity contribution is 7.87. The molecule has 1 rings (SSSR count). The molecule has 98 valence electrons. The topological polar surface area (TPSA) is 61.4 Å². The molecule has 2 unspecified atom stereocenters. The molecule has 0 amide bonds. The predicted molar refractivity (Wildman–Crippen MR) is 68.1 cm³/mol. The molecule has 1 saturated heterocycles. The average Bonchev–Trinajstić information content (AvgIpc) is 2.18. The molecule has 1 fully saturated rings. The smallest absolute Gasteiger partial charge is 0.279 e. The van der Waals surface area contributed by atoms with Crippen LogP contribution in [0, 0.1) is 0 Å². The van der Waals surface area contributed by atoms with Crippen LogP contribution in [0.1, 0.15) is 27.2 Å². The van der Waals surface area contributed by atoms with E-state index in [0.29, 0.717) is 19.6 Å². The highest BCUT2D eigenvalue weighted by Crippen LogP contribution is 2.10. The highest BCUT2D eigenvalue weighted by Gasteiger charge is 2.31. The van der Waals surface area contributed by atoms with E-state index in [1.54, 1.807) is 4.31 Å². The molecule has 0 aromatic carbocycles. The van der Waals surface area contributed by atoms with Crippen molar-refractivity contribution in [2.45, 2.75) is 39.3 Å². The van der Waals surface area contributed by atoms with Crippen LogP contribution in [0.15, 0.2) is 0 Å². The molecule has 0 spiro atoms. The van der Waals surface area contributed by atoms with Gasteiger partial charge in [0.1, 0.15) is 0 Å². The van der Waals surface area contributed by atoms with E-state index < -0.39 is 10.2 Å². The van der Waals surface area contributed by atoms with E-state index in [9.17, 15) is 8.42 Å². The van der Waals surface area contributed by atoms with Gasteiger partial charge >= 0.3 is 0 Å². The van der Waals surface area contributed by atoms with Crippen molar-refractivity contribution in [2.75, 3.05) is 19.6 Å². The van der Waals surface area contributed by atoms with Crippen LogP contribution >= 0.6 is 12.4 Å². The van der Waals surface area contributed by atoms with E-state index in [1.807, 2.05) is 20.8 Å². The van der Waals surface area contributed by atoms with Gasteiger partial charge in [-0.15, -0.1) is 12.4 Å². The Morgan fingerprint density at radius 1 is 1.44 bits per heavy atom. The molecule has 0 aliphatic carbocycles. The lowest BCUT2D eigenvalue weighted by Crippen LogP contribution is -2.58. The molecule has 0 aromatic rings. The zero-order valence-corrected chi connectivity index (χ0v) is 11.7. The summed E-state index contributed by atoms with van der Waals surface area (Å²) in [4.78, 5) is 0. The molecule has 0 radical (unpaired) electrons. The summed E-state index contributed by atoms with van der Waals surface area (Å²) in [6.45, 7) is 7.63. The molecule has 7 heteroatoms. The van der Waals surface area contributed by atoms with Gasteiger partial charge in [0.15, 0.2) is 0 Å². The summed E-state index contributed by atoms with van der Waals surface area (Å²) in [6, 6.07) is 0.245.